The molecule has 2 aliphatic heterocycles. The van der Waals surface area contributed by atoms with E-state index < -0.39 is 0 Å². The minimum Gasteiger partial charge on any atom is -0.492 e. The molecule has 0 saturated heterocycles. The molecule has 0 aliphatic carbocycles. The van der Waals surface area contributed by atoms with E-state index in [2.05, 4.69) is 21.9 Å². The van der Waals surface area contributed by atoms with Crippen molar-refractivity contribution in [2.75, 3.05) is 40.7 Å². The fourth-order valence-corrected chi connectivity index (χ4v) is 3.93. The Morgan fingerprint density at radius 2 is 2.12 bits per heavy atom. The van der Waals surface area contributed by atoms with E-state index in [9.17, 15) is 0 Å². The number of hydrogen-bond acceptors (Lipinski definition) is 8. The van der Waals surface area contributed by atoms with Crippen LogP contribution in [0.3, 0.4) is 0 Å². The first-order valence-electron chi connectivity index (χ1n) is 10.4. The van der Waals surface area contributed by atoms with Crippen LogP contribution in [-0.2, 0) is 6.42 Å². The summed E-state index contributed by atoms with van der Waals surface area (Å²) in [6.07, 6.45) is 2.22. The standard InChI is InChI=1S/C24H26N2O6/c1-4-29-20-12-16(14-25-27)7-8-19(20)30-11-5-6-18-22-17(9-10-26(18)2)13-21-23(24(22)28-3)32-15-31-21/h7-8,12-14,18,27H,4,9-11,15H2,1-3H3. The number of rotatable bonds is 6. The Morgan fingerprint density at radius 1 is 1.25 bits per heavy atom. The van der Waals surface area contributed by atoms with Gasteiger partial charge in [-0.05, 0) is 50.2 Å². The highest BCUT2D eigenvalue weighted by atomic mass is 16.7. The van der Waals surface area contributed by atoms with E-state index in [1.54, 1.807) is 25.3 Å². The molecule has 0 saturated carbocycles. The third-order valence-corrected chi connectivity index (χ3v) is 5.41. The van der Waals surface area contributed by atoms with Crippen molar-refractivity contribution in [1.82, 2.24) is 4.90 Å². The lowest BCUT2D eigenvalue weighted by Crippen LogP contribution is -2.31. The summed E-state index contributed by atoms with van der Waals surface area (Å²) in [6, 6.07) is 7.19. The molecule has 1 unspecified atom stereocenters. The van der Waals surface area contributed by atoms with E-state index in [1.807, 2.05) is 20.0 Å². The first kappa shape index (κ1) is 21.7. The van der Waals surface area contributed by atoms with Gasteiger partial charge in [0, 0.05) is 17.7 Å². The highest BCUT2D eigenvalue weighted by Gasteiger charge is 2.33. The molecule has 8 heteroatoms. The van der Waals surface area contributed by atoms with E-state index in [-0.39, 0.29) is 19.4 Å². The molecular formula is C24H26N2O6. The van der Waals surface area contributed by atoms with Crippen LogP contribution < -0.4 is 23.7 Å². The Labute approximate surface area is 187 Å². The molecule has 0 fully saturated rings. The van der Waals surface area contributed by atoms with E-state index in [4.69, 9.17) is 28.9 Å². The van der Waals surface area contributed by atoms with Gasteiger partial charge in [-0.25, -0.2) is 0 Å². The molecule has 0 amide bonds. The molecule has 168 valence electrons. The fraction of sp³-hybridized carbons (Fsp3) is 0.375. The molecule has 0 radical (unpaired) electrons. The Balaban J connectivity index is 1.55. The first-order valence-corrected chi connectivity index (χ1v) is 10.4. The van der Waals surface area contributed by atoms with Crippen molar-refractivity contribution in [1.29, 1.82) is 0 Å². The van der Waals surface area contributed by atoms with Crippen molar-refractivity contribution in [3.63, 3.8) is 0 Å². The SMILES string of the molecule is CCOc1cc(C=NO)ccc1OCC#CC1c2c(cc3c(c2OC)OCO3)CCN1C. The molecule has 2 aliphatic rings. The minimum absolute atomic E-state index is 0.152. The van der Waals surface area contributed by atoms with Gasteiger partial charge in [0.25, 0.3) is 0 Å². The number of ether oxygens (including phenoxy) is 5. The van der Waals surface area contributed by atoms with Crippen molar-refractivity contribution >= 4 is 6.21 Å². The number of fused-ring (bicyclic) bond motifs is 2. The zero-order valence-corrected chi connectivity index (χ0v) is 18.4. The van der Waals surface area contributed by atoms with Crippen LogP contribution >= 0.6 is 0 Å². The van der Waals surface area contributed by atoms with Gasteiger partial charge in [0.2, 0.25) is 12.5 Å². The lowest BCUT2D eigenvalue weighted by atomic mass is 9.91. The Hall–Kier alpha value is -3.57. The lowest BCUT2D eigenvalue weighted by Gasteiger charge is -2.32. The topological polar surface area (TPSA) is 82.0 Å². The molecule has 2 aromatic rings. The molecule has 0 bridgehead atoms. The molecule has 1 atom stereocenters. The van der Waals surface area contributed by atoms with Crippen LogP contribution in [0.2, 0.25) is 0 Å². The van der Waals surface area contributed by atoms with Gasteiger partial charge in [0.1, 0.15) is 12.6 Å². The smallest absolute Gasteiger partial charge is 0.231 e. The average Bonchev–Trinajstić information content (AvgIpc) is 3.26. The Morgan fingerprint density at radius 3 is 2.91 bits per heavy atom. The normalized spacial score (nSPS) is 16.9. The van der Waals surface area contributed by atoms with Crippen LogP contribution in [0.5, 0.6) is 28.7 Å². The van der Waals surface area contributed by atoms with Gasteiger partial charge in [0.15, 0.2) is 23.0 Å². The molecule has 2 heterocycles. The maximum atomic E-state index is 8.74. The lowest BCUT2D eigenvalue weighted by molar-refractivity contribution is 0.171. The predicted molar refractivity (Wildman–Crippen MR) is 118 cm³/mol. The number of hydrogen-bond donors (Lipinski definition) is 1. The van der Waals surface area contributed by atoms with Crippen LogP contribution in [0, 0.1) is 11.8 Å². The number of benzene rings is 2. The Kier molecular flexibility index (Phi) is 6.57. The first-order chi connectivity index (χ1) is 15.7. The van der Waals surface area contributed by atoms with Gasteiger partial charge >= 0.3 is 0 Å². The summed E-state index contributed by atoms with van der Waals surface area (Å²) in [6.45, 7) is 3.64. The van der Waals surface area contributed by atoms with Crippen molar-refractivity contribution < 1.29 is 28.9 Å². The summed E-state index contributed by atoms with van der Waals surface area (Å²) in [5.74, 6) is 9.65. The van der Waals surface area contributed by atoms with Gasteiger partial charge in [-0.15, -0.1) is 0 Å². The minimum atomic E-state index is -0.152. The largest absolute Gasteiger partial charge is 0.492 e. The molecule has 4 rings (SSSR count). The van der Waals surface area contributed by atoms with Crippen LogP contribution in [0.25, 0.3) is 0 Å². The van der Waals surface area contributed by atoms with Crippen molar-refractivity contribution in [3.05, 3.63) is 41.0 Å². The Bertz CT molecular complexity index is 1070. The van der Waals surface area contributed by atoms with Gasteiger partial charge in [-0.2, -0.15) is 0 Å². The quantitative estimate of drug-likeness (QED) is 0.321. The summed E-state index contributed by atoms with van der Waals surface area (Å²) >= 11 is 0. The van der Waals surface area contributed by atoms with Crippen LogP contribution in [-0.4, -0.2) is 57.0 Å². The second-order valence-electron chi connectivity index (χ2n) is 7.34. The number of oxime groups is 1. The average molecular weight is 438 g/mol. The third-order valence-electron chi connectivity index (χ3n) is 5.41. The van der Waals surface area contributed by atoms with E-state index >= 15 is 0 Å². The summed E-state index contributed by atoms with van der Waals surface area (Å²) < 4.78 is 28.4. The summed E-state index contributed by atoms with van der Waals surface area (Å²) in [5.41, 5.74) is 2.88. The zero-order chi connectivity index (χ0) is 22.5. The number of nitrogens with zero attached hydrogens (tertiary/aromatic N) is 2. The van der Waals surface area contributed by atoms with Crippen molar-refractivity contribution in [2.24, 2.45) is 5.16 Å². The summed E-state index contributed by atoms with van der Waals surface area (Å²) in [5, 5.41) is 11.8. The zero-order valence-electron chi connectivity index (χ0n) is 18.4. The third kappa shape index (κ3) is 4.25. The van der Waals surface area contributed by atoms with E-state index in [1.165, 1.54) is 6.21 Å². The summed E-state index contributed by atoms with van der Waals surface area (Å²) in [7, 11) is 3.68. The maximum Gasteiger partial charge on any atom is 0.231 e. The van der Waals surface area contributed by atoms with Gasteiger partial charge in [-0.3, -0.25) is 4.90 Å². The maximum absolute atomic E-state index is 8.74. The van der Waals surface area contributed by atoms with E-state index in [0.717, 1.165) is 29.8 Å². The monoisotopic (exact) mass is 438 g/mol. The van der Waals surface area contributed by atoms with Crippen molar-refractivity contribution in [2.45, 2.75) is 19.4 Å². The highest BCUT2D eigenvalue weighted by Crippen LogP contribution is 2.49. The van der Waals surface area contributed by atoms with E-state index in [0.29, 0.717) is 35.2 Å². The van der Waals surface area contributed by atoms with Gasteiger partial charge in [0.05, 0.1) is 19.9 Å². The number of methoxy groups -OCH3 is 1. The van der Waals surface area contributed by atoms with Crippen LogP contribution in [0.1, 0.15) is 29.7 Å². The summed E-state index contributed by atoms with van der Waals surface area (Å²) in [4.78, 5) is 2.19. The second-order valence-corrected chi connectivity index (χ2v) is 7.34. The molecule has 8 nitrogen and oxygen atoms in total. The van der Waals surface area contributed by atoms with Crippen LogP contribution in [0.15, 0.2) is 29.4 Å². The van der Waals surface area contributed by atoms with Crippen LogP contribution in [0.4, 0.5) is 0 Å². The molecule has 2 aromatic carbocycles. The molecule has 1 N–H and O–H groups in total. The highest BCUT2D eigenvalue weighted by molar-refractivity contribution is 5.80. The molecule has 0 spiro atoms. The second kappa shape index (κ2) is 9.71. The molecule has 32 heavy (non-hydrogen) atoms. The van der Waals surface area contributed by atoms with Crippen molar-refractivity contribution in [3.8, 4) is 40.6 Å². The van der Waals surface area contributed by atoms with Gasteiger partial charge in [-0.1, -0.05) is 17.0 Å². The predicted octanol–water partition coefficient (Wildman–Crippen LogP) is 3.24. The number of likely N-dealkylation sites (N-methyl/N-ethyl adjacent to an activating group) is 1. The van der Waals surface area contributed by atoms with Gasteiger partial charge < -0.3 is 28.9 Å². The fourth-order valence-electron chi connectivity index (χ4n) is 3.93. The molecule has 0 aromatic heterocycles. The molecular weight excluding hydrogens is 412 g/mol.